The summed E-state index contributed by atoms with van der Waals surface area (Å²) in [5.41, 5.74) is 4.43. The Bertz CT molecular complexity index is 974. The van der Waals surface area contributed by atoms with Crippen LogP contribution < -0.4 is 0 Å². The summed E-state index contributed by atoms with van der Waals surface area (Å²) in [5.74, 6) is 0.109. The van der Waals surface area contributed by atoms with Crippen LogP contribution in [0.15, 0.2) is 48.8 Å². The zero-order valence-electron chi connectivity index (χ0n) is 16.1. The van der Waals surface area contributed by atoms with Crippen LogP contribution in [0.4, 0.5) is 0 Å². The number of amides is 1. The molecule has 4 rings (SSSR count). The van der Waals surface area contributed by atoms with Crippen molar-refractivity contribution in [3.63, 3.8) is 0 Å². The SMILES string of the molecule is Cc1cccc2c(C(=O)N3[C@H](C)CCC[C@@H]3C)cc(-c3cccnc3)nc12. The number of likely N-dealkylation sites (tertiary alicyclic amines) is 1. The van der Waals surface area contributed by atoms with Crippen molar-refractivity contribution in [1.29, 1.82) is 0 Å². The topological polar surface area (TPSA) is 46.1 Å². The second-order valence-corrected chi connectivity index (χ2v) is 7.61. The number of carbonyl (C=O) groups excluding carboxylic acids is 1. The fourth-order valence-electron chi connectivity index (χ4n) is 4.19. The molecule has 1 aliphatic heterocycles. The molecular formula is C23H25N3O. The molecule has 3 aromatic rings. The van der Waals surface area contributed by atoms with Gasteiger partial charge in [-0.25, -0.2) is 4.98 Å². The van der Waals surface area contributed by atoms with E-state index in [-0.39, 0.29) is 18.0 Å². The van der Waals surface area contributed by atoms with E-state index < -0.39 is 0 Å². The molecule has 3 heterocycles. The van der Waals surface area contributed by atoms with Gasteiger partial charge >= 0.3 is 0 Å². The first kappa shape index (κ1) is 17.7. The van der Waals surface area contributed by atoms with Crippen molar-refractivity contribution in [3.05, 3.63) is 59.9 Å². The average molecular weight is 359 g/mol. The van der Waals surface area contributed by atoms with Crippen LogP contribution in [0.1, 0.15) is 49.0 Å². The monoisotopic (exact) mass is 359 g/mol. The van der Waals surface area contributed by atoms with E-state index in [0.29, 0.717) is 0 Å². The quantitative estimate of drug-likeness (QED) is 0.646. The Labute approximate surface area is 160 Å². The van der Waals surface area contributed by atoms with E-state index in [4.69, 9.17) is 4.98 Å². The second-order valence-electron chi connectivity index (χ2n) is 7.61. The molecule has 0 spiro atoms. The predicted molar refractivity (Wildman–Crippen MR) is 109 cm³/mol. The summed E-state index contributed by atoms with van der Waals surface area (Å²) in [7, 11) is 0. The summed E-state index contributed by atoms with van der Waals surface area (Å²) >= 11 is 0. The molecule has 0 saturated carbocycles. The largest absolute Gasteiger partial charge is 0.333 e. The van der Waals surface area contributed by atoms with Crippen molar-refractivity contribution in [2.45, 2.75) is 52.1 Å². The zero-order valence-corrected chi connectivity index (χ0v) is 16.1. The zero-order chi connectivity index (χ0) is 19.0. The maximum absolute atomic E-state index is 13.6. The van der Waals surface area contributed by atoms with Crippen LogP contribution in [0.25, 0.3) is 22.2 Å². The van der Waals surface area contributed by atoms with Gasteiger partial charge in [0.15, 0.2) is 0 Å². The van der Waals surface area contributed by atoms with Crippen molar-refractivity contribution >= 4 is 16.8 Å². The third kappa shape index (κ3) is 3.20. The van der Waals surface area contributed by atoms with Crippen molar-refractivity contribution < 1.29 is 4.79 Å². The van der Waals surface area contributed by atoms with E-state index in [1.54, 1.807) is 12.4 Å². The Morgan fingerprint density at radius 2 is 1.89 bits per heavy atom. The van der Waals surface area contributed by atoms with Crippen LogP contribution in [0.3, 0.4) is 0 Å². The minimum Gasteiger partial charge on any atom is -0.333 e. The lowest BCUT2D eigenvalue weighted by molar-refractivity contribution is 0.0513. The molecule has 0 bridgehead atoms. The summed E-state index contributed by atoms with van der Waals surface area (Å²) in [6.45, 7) is 6.36. The summed E-state index contributed by atoms with van der Waals surface area (Å²) < 4.78 is 0. The molecule has 0 unspecified atom stereocenters. The average Bonchev–Trinajstić information content (AvgIpc) is 2.68. The molecule has 0 aliphatic carbocycles. The number of hydrogen-bond acceptors (Lipinski definition) is 3. The number of aromatic nitrogens is 2. The standard InChI is InChI=1S/C23H25N3O/c1-15-7-4-11-19-20(23(27)26-16(2)8-5-9-17(26)3)13-21(25-22(15)19)18-10-6-12-24-14-18/h4,6-7,10-14,16-17H,5,8-9H2,1-3H3/t16-,17+. The Hall–Kier alpha value is -2.75. The Morgan fingerprint density at radius 3 is 2.59 bits per heavy atom. The summed E-state index contributed by atoms with van der Waals surface area (Å²) in [6, 6.07) is 12.4. The highest BCUT2D eigenvalue weighted by Gasteiger charge is 2.31. The summed E-state index contributed by atoms with van der Waals surface area (Å²) in [4.78, 5) is 24.8. The molecule has 1 saturated heterocycles. The van der Waals surface area contributed by atoms with Gasteiger partial charge in [0, 0.05) is 35.4 Å². The summed E-state index contributed by atoms with van der Waals surface area (Å²) in [5, 5.41) is 0.928. The van der Waals surface area contributed by atoms with Crippen LogP contribution in [-0.2, 0) is 0 Å². The fraction of sp³-hybridized carbons (Fsp3) is 0.348. The molecule has 4 heteroatoms. The van der Waals surface area contributed by atoms with Crippen molar-refractivity contribution in [2.75, 3.05) is 0 Å². The number of carbonyl (C=O) groups is 1. The lowest BCUT2D eigenvalue weighted by Gasteiger charge is -2.39. The maximum atomic E-state index is 13.6. The van der Waals surface area contributed by atoms with Gasteiger partial charge in [0.2, 0.25) is 0 Å². The first-order valence-electron chi connectivity index (χ1n) is 9.69. The van der Waals surface area contributed by atoms with Gasteiger partial charge < -0.3 is 4.90 Å². The molecule has 1 aliphatic rings. The van der Waals surface area contributed by atoms with Gasteiger partial charge in [-0.3, -0.25) is 9.78 Å². The first-order valence-corrected chi connectivity index (χ1v) is 9.69. The van der Waals surface area contributed by atoms with Crippen molar-refractivity contribution in [3.8, 4) is 11.3 Å². The van der Waals surface area contributed by atoms with Crippen molar-refractivity contribution in [1.82, 2.24) is 14.9 Å². The highest BCUT2D eigenvalue weighted by atomic mass is 16.2. The minimum atomic E-state index is 0.109. The van der Waals surface area contributed by atoms with Gasteiger partial charge in [-0.1, -0.05) is 18.2 Å². The number of para-hydroxylation sites is 1. The van der Waals surface area contributed by atoms with Gasteiger partial charge in [-0.05, 0) is 63.8 Å². The van der Waals surface area contributed by atoms with E-state index in [1.165, 1.54) is 6.42 Å². The van der Waals surface area contributed by atoms with E-state index in [1.807, 2.05) is 43.3 Å². The van der Waals surface area contributed by atoms with Crippen LogP contribution >= 0.6 is 0 Å². The Balaban J connectivity index is 1.91. The fourth-order valence-corrected chi connectivity index (χ4v) is 4.19. The highest BCUT2D eigenvalue weighted by Crippen LogP contribution is 2.30. The molecule has 4 nitrogen and oxygen atoms in total. The number of nitrogens with zero attached hydrogens (tertiary/aromatic N) is 3. The predicted octanol–water partition coefficient (Wildman–Crippen LogP) is 5.01. The normalized spacial score (nSPS) is 20.0. The molecule has 1 amide bonds. The Kier molecular flexibility index (Phi) is 4.65. The van der Waals surface area contributed by atoms with Gasteiger partial charge in [-0.15, -0.1) is 0 Å². The van der Waals surface area contributed by atoms with Crippen molar-refractivity contribution in [2.24, 2.45) is 0 Å². The molecular weight excluding hydrogens is 334 g/mol. The van der Waals surface area contributed by atoms with Gasteiger partial charge in [0.05, 0.1) is 16.8 Å². The molecule has 2 atom stereocenters. The lowest BCUT2D eigenvalue weighted by atomic mass is 9.95. The number of piperidine rings is 1. The van der Waals surface area contributed by atoms with Gasteiger partial charge in [0.25, 0.3) is 5.91 Å². The first-order chi connectivity index (χ1) is 13.1. The van der Waals surface area contributed by atoms with E-state index in [0.717, 1.165) is 46.1 Å². The third-order valence-electron chi connectivity index (χ3n) is 5.66. The molecule has 2 aromatic heterocycles. The number of hydrogen-bond donors (Lipinski definition) is 0. The smallest absolute Gasteiger partial charge is 0.255 e. The summed E-state index contributed by atoms with van der Waals surface area (Å²) in [6.07, 6.45) is 6.86. The molecule has 138 valence electrons. The highest BCUT2D eigenvalue weighted by molar-refractivity contribution is 6.08. The molecule has 1 aromatic carbocycles. The van der Waals surface area contributed by atoms with Crippen LogP contribution in [0.2, 0.25) is 0 Å². The number of benzene rings is 1. The molecule has 0 N–H and O–H groups in total. The van der Waals surface area contributed by atoms with Gasteiger partial charge in [0.1, 0.15) is 0 Å². The Morgan fingerprint density at radius 1 is 1.11 bits per heavy atom. The lowest BCUT2D eigenvalue weighted by Crippen LogP contribution is -2.47. The number of aryl methyl sites for hydroxylation is 1. The second kappa shape index (κ2) is 7.10. The molecule has 27 heavy (non-hydrogen) atoms. The molecule has 1 fully saturated rings. The minimum absolute atomic E-state index is 0.109. The van der Waals surface area contributed by atoms with E-state index >= 15 is 0 Å². The van der Waals surface area contributed by atoms with E-state index in [9.17, 15) is 4.79 Å². The van der Waals surface area contributed by atoms with Crippen LogP contribution in [-0.4, -0.2) is 32.9 Å². The molecule has 0 radical (unpaired) electrons. The van der Waals surface area contributed by atoms with Gasteiger partial charge in [-0.2, -0.15) is 0 Å². The number of pyridine rings is 2. The number of fused-ring (bicyclic) bond motifs is 1. The third-order valence-corrected chi connectivity index (χ3v) is 5.66. The number of rotatable bonds is 2. The van der Waals surface area contributed by atoms with Crippen LogP contribution in [0.5, 0.6) is 0 Å². The maximum Gasteiger partial charge on any atom is 0.255 e. The van der Waals surface area contributed by atoms with Crippen LogP contribution in [0, 0.1) is 6.92 Å². The van der Waals surface area contributed by atoms with E-state index in [2.05, 4.69) is 23.7 Å².